The second-order valence-corrected chi connectivity index (χ2v) is 6.50. The van der Waals surface area contributed by atoms with Crippen LogP contribution in [0.2, 0.25) is 0 Å². The van der Waals surface area contributed by atoms with E-state index in [1.165, 1.54) is 13.2 Å². The summed E-state index contributed by atoms with van der Waals surface area (Å²) in [7, 11) is 1.25. The van der Waals surface area contributed by atoms with Crippen LogP contribution in [0.25, 0.3) is 22.4 Å². The number of esters is 1. The maximum atomic E-state index is 15.1. The van der Waals surface area contributed by atoms with E-state index in [1.807, 2.05) is 55.8 Å². The Bertz CT molecular complexity index is 943. The van der Waals surface area contributed by atoms with Crippen LogP contribution in [0.5, 0.6) is 0 Å². The third kappa shape index (κ3) is 3.25. The summed E-state index contributed by atoms with van der Waals surface area (Å²) in [6.07, 6.45) is 1.70. The van der Waals surface area contributed by atoms with Crippen molar-refractivity contribution in [3.8, 4) is 22.4 Å². The van der Waals surface area contributed by atoms with E-state index in [9.17, 15) is 4.79 Å². The fourth-order valence-corrected chi connectivity index (χ4v) is 2.93. The van der Waals surface area contributed by atoms with Crippen LogP contribution < -0.4 is 0 Å². The molecule has 0 saturated heterocycles. The van der Waals surface area contributed by atoms with Gasteiger partial charge in [0, 0.05) is 23.4 Å². The van der Waals surface area contributed by atoms with E-state index in [0.717, 1.165) is 11.3 Å². The van der Waals surface area contributed by atoms with Crippen LogP contribution in [0.3, 0.4) is 0 Å². The van der Waals surface area contributed by atoms with Crippen molar-refractivity contribution < 1.29 is 13.9 Å². The van der Waals surface area contributed by atoms with E-state index in [4.69, 9.17) is 4.74 Å². The highest BCUT2D eigenvalue weighted by Gasteiger charge is 2.21. The lowest BCUT2D eigenvalue weighted by atomic mass is 9.96. The topological polar surface area (TPSA) is 44.1 Å². The van der Waals surface area contributed by atoms with Crippen molar-refractivity contribution >= 4 is 5.97 Å². The van der Waals surface area contributed by atoms with E-state index < -0.39 is 11.8 Å². The second kappa shape index (κ2) is 7.12. The van der Waals surface area contributed by atoms with Crippen molar-refractivity contribution in [1.29, 1.82) is 0 Å². The van der Waals surface area contributed by atoms with Crippen molar-refractivity contribution in [2.45, 2.75) is 26.8 Å². The molecule has 0 fully saturated rings. The number of ether oxygens (including phenoxy) is 1. The molecule has 0 saturated carbocycles. The first-order valence-electron chi connectivity index (χ1n) is 8.45. The van der Waals surface area contributed by atoms with Gasteiger partial charge in [-0.15, -0.1) is 0 Å². The normalized spacial score (nSPS) is 11.0. The number of hydrogen-bond donors (Lipinski definition) is 0. The number of carbonyl (C=O) groups is 1. The second-order valence-electron chi connectivity index (χ2n) is 6.50. The van der Waals surface area contributed by atoms with Crippen molar-refractivity contribution in [3.05, 3.63) is 65.6 Å². The Balaban J connectivity index is 2.25. The van der Waals surface area contributed by atoms with Gasteiger partial charge in [0.1, 0.15) is 5.82 Å². The zero-order valence-corrected chi connectivity index (χ0v) is 15.3. The van der Waals surface area contributed by atoms with Crippen LogP contribution in [-0.2, 0) is 4.74 Å². The first-order valence-corrected chi connectivity index (χ1v) is 8.45. The molecule has 134 valence electrons. The molecule has 0 bridgehead atoms. The standard InChI is InChI=1S/C21H21FN2O2/c1-13(2)24-19(9-10-23-24)16-11-17(15-7-5-14(3)6-8-15)20(22)18(12-16)21(25)26-4/h5-13H,1-4H3. The van der Waals surface area contributed by atoms with Gasteiger partial charge in [0.15, 0.2) is 0 Å². The summed E-state index contributed by atoms with van der Waals surface area (Å²) < 4.78 is 21.7. The van der Waals surface area contributed by atoms with Gasteiger partial charge >= 0.3 is 5.97 Å². The minimum absolute atomic E-state index is 0.0860. The predicted molar refractivity (Wildman–Crippen MR) is 99.5 cm³/mol. The quantitative estimate of drug-likeness (QED) is 0.619. The zero-order chi connectivity index (χ0) is 18.8. The number of benzene rings is 2. The van der Waals surface area contributed by atoms with Crippen LogP contribution in [0.1, 0.15) is 35.8 Å². The largest absolute Gasteiger partial charge is 0.465 e. The molecule has 0 atom stereocenters. The Kier molecular flexibility index (Phi) is 4.89. The molecule has 0 aliphatic carbocycles. The summed E-state index contributed by atoms with van der Waals surface area (Å²) >= 11 is 0. The Hall–Kier alpha value is -2.95. The number of nitrogens with zero attached hydrogens (tertiary/aromatic N) is 2. The Morgan fingerprint density at radius 2 is 1.81 bits per heavy atom. The van der Waals surface area contributed by atoms with Crippen molar-refractivity contribution in [1.82, 2.24) is 9.78 Å². The monoisotopic (exact) mass is 352 g/mol. The molecule has 0 aliphatic rings. The molecule has 1 aromatic heterocycles. The van der Waals surface area contributed by atoms with E-state index in [-0.39, 0.29) is 11.6 Å². The number of rotatable bonds is 4. The molecule has 5 heteroatoms. The van der Waals surface area contributed by atoms with Gasteiger partial charge in [-0.1, -0.05) is 29.8 Å². The highest BCUT2D eigenvalue weighted by Crippen LogP contribution is 2.32. The first kappa shape index (κ1) is 17.9. The van der Waals surface area contributed by atoms with Gasteiger partial charge in [0.25, 0.3) is 0 Å². The summed E-state index contributed by atoms with van der Waals surface area (Å²) in [5.41, 5.74) is 3.59. The summed E-state index contributed by atoms with van der Waals surface area (Å²) in [6, 6.07) is 12.8. The van der Waals surface area contributed by atoms with Gasteiger partial charge in [-0.05, 0) is 44.5 Å². The molecule has 26 heavy (non-hydrogen) atoms. The van der Waals surface area contributed by atoms with E-state index in [2.05, 4.69) is 5.10 Å². The maximum absolute atomic E-state index is 15.1. The summed E-state index contributed by atoms with van der Waals surface area (Å²) in [5.74, 6) is -1.28. The van der Waals surface area contributed by atoms with Crippen molar-refractivity contribution in [3.63, 3.8) is 0 Å². The molecule has 3 aromatic rings. The van der Waals surface area contributed by atoms with Crippen molar-refractivity contribution in [2.24, 2.45) is 0 Å². The highest BCUT2D eigenvalue weighted by atomic mass is 19.1. The average Bonchev–Trinajstić information content (AvgIpc) is 3.12. The maximum Gasteiger partial charge on any atom is 0.340 e. The Morgan fingerprint density at radius 3 is 2.42 bits per heavy atom. The smallest absolute Gasteiger partial charge is 0.340 e. The van der Waals surface area contributed by atoms with Gasteiger partial charge in [0.2, 0.25) is 0 Å². The van der Waals surface area contributed by atoms with E-state index >= 15 is 4.39 Å². The molecule has 0 spiro atoms. The fraction of sp³-hybridized carbons (Fsp3) is 0.238. The number of aromatic nitrogens is 2. The van der Waals surface area contributed by atoms with Crippen LogP contribution in [0, 0.1) is 12.7 Å². The van der Waals surface area contributed by atoms with Crippen LogP contribution in [0.4, 0.5) is 4.39 Å². The van der Waals surface area contributed by atoms with Crippen LogP contribution in [-0.4, -0.2) is 22.9 Å². The number of aryl methyl sites for hydroxylation is 1. The zero-order valence-electron chi connectivity index (χ0n) is 15.3. The Labute approximate surface area is 152 Å². The van der Waals surface area contributed by atoms with Gasteiger partial charge in [-0.25, -0.2) is 9.18 Å². The molecular formula is C21H21FN2O2. The molecular weight excluding hydrogens is 331 g/mol. The molecule has 3 rings (SSSR count). The molecule has 2 aromatic carbocycles. The lowest BCUT2D eigenvalue weighted by Crippen LogP contribution is -2.08. The number of carbonyl (C=O) groups excluding carboxylic acids is 1. The summed E-state index contributed by atoms with van der Waals surface area (Å²) in [6.45, 7) is 6.00. The molecule has 1 heterocycles. The molecule has 4 nitrogen and oxygen atoms in total. The fourth-order valence-electron chi connectivity index (χ4n) is 2.93. The predicted octanol–water partition coefficient (Wildman–Crippen LogP) is 5.03. The molecule has 0 aliphatic heterocycles. The number of halogens is 1. The van der Waals surface area contributed by atoms with Gasteiger partial charge in [0.05, 0.1) is 18.4 Å². The van der Waals surface area contributed by atoms with E-state index in [1.54, 1.807) is 12.3 Å². The third-order valence-electron chi connectivity index (χ3n) is 4.30. The summed E-state index contributed by atoms with van der Waals surface area (Å²) in [5, 5.41) is 4.33. The minimum Gasteiger partial charge on any atom is -0.465 e. The molecule has 0 radical (unpaired) electrons. The number of methoxy groups -OCH3 is 1. The van der Waals surface area contributed by atoms with Gasteiger partial charge in [-0.3, -0.25) is 4.68 Å². The highest BCUT2D eigenvalue weighted by molar-refractivity contribution is 5.93. The lowest BCUT2D eigenvalue weighted by Gasteiger charge is -2.15. The SMILES string of the molecule is COC(=O)c1cc(-c2ccnn2C(C)C)cc(-c2ccc(C)cc2)c1F. The van der Waals surface area contributed by atoms with Crippen LogP contribution in [0.15, 0.2) is 48.7 Å². The van der Waals surface area contributed by atoms with Gasteiger partial charge < -0.3 is 4.74 Å². The third-order valence-corrected chi connectivity index (χ3v) is 4.30. The Morgan fingerprint density at radius 1 is 1.12 bits per heavy atom. The van der Waals surface area contributed by atoms with Crippen LogP contribution >= 0.6 is 0 Å². The average molecular weight is 352 g/mol. The first-order chi connectivity index (χ1) is 12.4. The molecule has 0 N–H and O–H groups in total. The molecule has 0 amide bonds. The van der Waals surface area contributed by atoms with E-state index in [0.29, 0.717) is 16.7 Å². The minimum atomic E-state index is -0.701. The molecule has 0 unspecified atom stereocenters. The number of hydrogen-bond acceptors (Lipinski definition) is 3. The summed E-state index contributed by atoms with van der Waals surface area (Å²) in [4.78, 5) is 12.1. The van der Waals surface area contributed by atoms with Crippen molar-refractivity contribution in [2.75, 3.05) is 7.11 Å². The van der Waals surface area contributed by atoms with Gasteiger partial charge in [-0.2, -0.15) is 5.10 Å². The lowest BCUT2D eigenvalue weighted by molar-refractivity contribution is 0.0595.